The van der Waals surface area contributed by atoms with E-state index in [2.05, 4.69) is 16.3 Å². The van der Waals surface area contributed by atoms with Crippen molar-refractivity contribution in [3.8, 4) is 11.5 Å². The molecule has 3 heterocycles. The van der Waals surface area contributed by atoms with Crippen LogP contribution in [0.25, 0.3) is 0 Å². The minimum atomic E-state index is -0.758. The fourth-order valence-electron chi connectivity index (χ4n) is 7.75. The second-order valence-electron chi connectivity index (χ2n) is 11.2. The molecule has 1 saturated carbocycles. The number of methoxy groups -OCH3 is 1. The van der Waals surface area contributed by atoms with Gasteiger partial charge < -0.3 is 24.6 Å². The van der Waals surface area contributed by atoms with E-state index >= 15 is 0 Å². The van der Waals surface area contributed by atoms with Crippen LogP contribution in [0.1, 0.15) is 42.4 Å². The Kier molecular flexibility index (Phi) is 5.14. The predicted octanol–water partition coefficient (Wildman–Crippen LogP) is 2.57. The van der Waals surface area contributed by atoms with Crippen molar-refractivity contribution in [2.45, 2.75) is 67.9 Å². The van der Waals surface area contributed by atoms with Gasteiger partial charge in [-0.05, 0) is 55.3 Å². The minimum absolute atomic E-state index is 0.00915. The fraction of sp³-hybridized carbons (Fsp3) is 0.552. The Hall–Kier alpha value is -2.61. The average Bonchev–Trinajstić information content (AvgIpc) is 3.57. The summed E-state index contributed by atoms with van der Waals surface area (Å²) in [5, 5.41) is 13.5. The van der Waals surface area contributed by atoms with Crippen molar-refractivity contribution in [1.29, 1.82) is 0 Å². The van der Waals surface area contributed by atoms with Gasteiger partial charge in [0, 0.05) is 37.7 Å². The number of amides is 1. The second kappa shape index (κ2) is 8.20. The first-order chi connectivity index (χ1) is 17.6. The first-order valence-corrected chi connectivity index (χ1v) is 13.3. The van der Waals surface area contributed by atoms with Crippen molar-refractivity contribution in [2.24, 2.45) is 5.92 Å². The highest BCUT2D eigenvalue weighted by Gasteiger charge is 2.78. The van der Waals surface area contributed by atoms with Crippen LogP contribution < -0.4 is 14.8 Å². The van der Waals surface area contributed by atoms with E-state index in [0.717, 1.165) is 48.7 Å². The highest BCUT2D eigenvalue weighted by molar-refractivity contribution is 5.84. The summed E-state index contributed by atoms with van der Waals surface area (Å²) in [7, 11) is 1.67. The fourth-order valence-corrected chi connectivity index (χ4v) is 7.75. The van der Waals surface area contributed by atoms with Gasteiger partial charge >= 0.3 is 0 Å². The smallest absolute Gasteiger partial charge is 0.253 e. The van der Waals surface area contributed by atoms with E-state index in [1.165, 1.54) is 18.4 Å². The molecule has 2 aromatic carbocycles. The topological polar surface area (TPSA) is 80.3 Å². The molecule has 3 aliphatic heterocycles. The third-order valence-electron chi connectivity index (χ3n) is 9.40. The van der Waals surface area contributed by atoms with E-state index in [-0.39, 0.29) is 18.6 Å². The van der Waals surface area contributed by atoms with Crippen LogP contribution in [0.3, 0.4) is 0 Å². The number of aliphatic hydroxyl groups excluding tert-OH is 1. The van der Waals surface area contributed by atoms with Gasteiger partial charge in [0.15, 0.2) is 17.6 Å². The zero-order valence-electron chi connectivity index (χ0n) is 20.7. The molecule has 36 heavy (non-hydrogen) atoms. The molecule has 2 aromatic rings. The summed E-state index contributed by atoms with van der Waals surface area (Å²) in [4.78, 5) is 16.3. The van der Waals surface area contributed by atoms with Crippen molar-refractivity contribution in [2.75, 3.05) is 26.8 Å². The predicted molar refractivity (Wildman–Crippen MR) is 133 cm³/mol. The Bertz CT molecular complexity index is 1180. The molecule has 2 aliphatic carbocycles. The van der Waals surface area contributed by atoms with Gasteiger partial charge in [0.05, 0.1) is 12.5 Å². The zero-order valence-corrected chi connectivity index (χ0v) is 20.7. The van der Waals surface area contributed by atoms with Crippen molar-refractivity contribution in [3.63, 3.8) is 0 Å². The number of aliphatic hydroxyl groups is 1. The minimum Gasteiger partial charge on any atom is -0.493 e. The Morgan fingerprint density at radius 1 is 1.22 bits per heavy atom. The third kappa shape index (κ3) is 2.99. The maximum absolute atomic E-state index is 13.7. The van der Waals surface area contributed by atoms with Crippen molar-refractivity contribution in [1.82, 2.24) is 10.2 Å². The van der Waals surface area contributed by atoms with Crippen molar-refractivity contribution in [3.05, 3.63) is 59.2 Å². The number of benzene rings is 2. The summed E-state index contributed by atoms with van der Waals surface area (Å²) < 4.78 is 19.4. The lowest BCUT2D eigenvalue weighted by atomic mass is 9.53. The molecule has 7 heteroatoms. The molecule has 3 fully saturated rings. The molecule has 3 unspecified atom stereocenters. The molecule has 2 bridgehead atoms. The van der Waals surface area contributed by atoms with Crippen LogP contribution in [-0.4, -0.2) is 66.6 Å². The van der Waals surface area contributed by atoms with Crippen LogP contribution >= 0.6 is 0 Å². The van der Waals surface area contributed by atoms with Gasteiger partial charge in [0.2, 0.25) is 0 Å². The number of hydrogen-bond donors (Lipinski definition) is 2. The number of nitrogens with one attached hydrogen (secondary N) is 1. The third-order valence-corrected chi connectivity index (χ3v) is 9.40. The normalized spacial score (nSPS) is 33.7. The molecule has 1 spiro atoms. The number of carbonyl (C=O) groups is 1. The monoisotopic (exact) mass is 490 g/mol. The number of ether oxygens (including phenoxy) is 3. The van der Waals surface area contributed by atoms with Crippen LogP contribution in [0.15, 0.2) is 42.5 Å². The van der Waals surface area contributed by atoms with Gasteiger partial charge in [-0.15, -0.1) is 0 Å². The van der Waals surface area contributed by atoms with Crippen LogP contribution in [0, 0.1) is 5.92 Å². The molecule has 7 rings (SSSR count). The largest absolute Gasteiger partial charge is 0.493 e. The summed E-state index contributed by atoms with van der Waals surface area (Å²) in [6, 6.07) is 14.2. The lowest BCUT2D eigenvalue weighted by Crippen LogP contribution is -2.71. The van der Waals surface area contributed by atoms with Gasteiger partial charge in [-0.1, -0.05) is 36.4 Å². The highest BCUT2D eigenvalue weighted by atomic mass is 16.6. The molecule has 5 aliphatic rings. The maximum atomic E-state index is 13.7. The van der Waals surface area contributed by atoms with E-state index in [4.69, 9.17) is 14.2 Å². The van der Waals surface area contributed by atoms with Crippen molar-refractivity contribution < 1.29 is 24.1 Å². The van der Waals surface area contributed by atoms with Gasteiger partial charge in [0.25, 0.3) is 5.91 Å². The first-order valence-electron chi connectivity index (χ1n) is 13.3. The quantitative estimate of drug-likeness (QED) is 0.592. The number of hydrogen-bond acceptors (Lipinski definition) is 6. The first kappa shape index (κ1) is 22.6. The van der Waals surface area contributed by atoms with E-state index in [9.17, 15) is 9.90 Å². The van der Waals surface area contributed by atoms with Crippen LogP contribution in [0.5, 0.6) is 11.5 Å². The molecule has 7 nitrogen and oxygen atoms in total. The Morgan fingerprint density at radius 3 is 2.81 bits per heavy atom. The van der Waals surface area contributed by atoms with E-state index in [1.54, 1.807) is 7.11 Å². The number of piperidine rings is 1. The van der Waals surface area contributed by atoms with Gasteiger partial charge in [-0.2, -0.15) is 0 Å². The maximum Gasteiger partial charge on any atom is 0.253 e. The number of likely N-dealkylation sites (tertiary alicyclic amines) is 1. The van der Waals surface area contributed by atoms with Crippen molar-refractivity contribution >= 4 is 5.91 Å². The van der Waals surface area contributed by atoms with E-state index < -0.39 is 23.2 Å². The molecular formula is C29H34N2O5. The number of nitrogens with zero attached hydrogens (tertiary/aromatic N) is 1. The van der Waals surface area contributed by atoms with E-state index in [0.29, 0.717) is 18.7 Å². The highest BCUT2D eigenvalue weighted by Crippen LogP contribution is 2.68. The second-order valence-corrected chi connectivity index (χ2v) is 11.2. The van der Waals surface area contributed by atoms with Crippen LogP contribution in [0.4, 0.5) is 0 Å². The van der Waals surface area contributed by atoms with Crippen LogP contribution in [0.2, 0.25) is 0 Å². The zero-order chi connectivity index (χ0) is 24.5. The molecule has 2 N–H and O–H groups in total. The molecule has 1 amide bonds. The van der Waals surface area contributed by atoms with Gasteiger partial charge in [0.1, 0.15) is 11.7 Å². The van der Waals surface area contributed by atoms with E-state index in [1.807, 2.05) is 36.4 Å². The molecule has 190 valence electrons. The Balaban J connectivity index is 1.32. The molecular weight excluding hydrogens is 456 g/mol. The lowest BCUT2D eigenvalue weighted by Gasteiger charge is -2.59. The standard InChI is InChI=1S/C29H34N2O5/c1-34-21-10-9-20-15-22-29(12-14-32)28(11-13-31(22)17-19-7-8-19)23(20)24(21)35-26(28)25(36-29)27(33)30-16-18-5-3-2-4-6-18/h2-6,9-10,19,22,25-26,32H,7-8,11-17H2,1H3,(H,30,33)/t22?,25-,26?,28-,29?/m0/s1. The van der Waals surface area contributed by atoms with Gasteiger partial charge in [-0.25, -0.2) is 0 Å². The Morgan fingerprint density at radius 2 is 2.06 bits per heavy atom. The lowest BCUT2D eigenvalue weighted by molar-refractivity contribution is -0.168. The summed E-state index contributed by atoms with van der Waals surface area (Å²) in [5.41, 5.74) is 2.30. The average molecular weight is 491 g/mol. The van der Waals surface area contributed by atoms with Crippen LogP contribution in [-0.2, 0) is 27.9 Å². The summed E-state index contributed by atoms with van der Waals surface area (Å²) in [6.45, 7) is 2.46. The summed E-state index contributed by atoms with van der Waals surface area (Å²) in [5.74, 6) is 2.07. The number of carbonyl (C=O) groups excluding carboxylic acids is 1. The number of rotatable bonds is 8. The molecule has 0 aromatic heterocycles. The Labute approximate surface area is 211 Å². The van der Waals surface area contributed by atoms with Gasteiger partial charge in [-0.3, -0.25) is 9.69 Å². The summed E-state index contributed by atoms with van der Waals surface area (Å²) in [6.07, 6.45) is 3.53. The summed E-state index contributed by atoms with van der Waals surface area (Å²) >= 11 is 0. The molecule has 0 radical (unpaired) electrons. The molecule has 2 saturated heterocycles. The SMILES string of the molecule is COc1ccc2c3c1OC1[C@@H](C(=O)NCc4ccccc4)OC4(CCO)C(C2)N(CC2CC2)CC[C@]314. The molecule has 5 atom stereocenters.